The van der Waals surface area contributed by atoms with E-state index in [4.69, 9.17) is 4.74 Å². The maximum absolute atomic E-state index is 14.1. The van der Waals surface area contributed by atoms with Crippen LogP contribution in [0.3, 0.4) is 0 Å². The van der Waals surface area contributed by atoms with Crippen LogP contribution < -0.4 is 10.1 Å². The van der Waals surface area contributed by atoms with E-state index < -0.39 is 5.82 Å². The van der Waals surface area contributed by atoms with Crippen LogP contribution in [0.1, 0.15) is 31.0 Å². The molecular weight excluding hydrogens is 475 g/mol. The van der Waals surface area contributed by atoms with Gasteiger partial charge in [-0.1, -0.05) is 58.4 Å². The van der Waals surface area contributed by atoms with Gasteiger partial charge in [0.15, 0.2) is 18.2 Å². The molecule has 0 bridgehead atoms. The van der Waals surface area contributed by atoms with Crippen LogP contribution in [0, 0.1) is 5.82 Å². The highest BCUT2D eigenvalue weighted by molar-refractivity contribution is 9.10. The van der Waals surface area contributed by atoms with Crippen molar-refractivity contribution in [1.82, 2.24) is 4.90 Å². The van der Waals surface area contributed by atoms with Crippen molar-refractivity contribution >= 4 is 33.4 Å². The molecule has 3 aromatic carbocycles. The molecule has 7 heteroatoms. The fourth-order valence-corrected chi connectivity index (χ4v) is 3.63. The van der Waals surface area contributed by atoms with E-state index in [1.807, 2.05) is 55.5 Å². The van der Waals surface area contributed by atoms with E-state index >= 15 is 0 Å². The highest BCUT2D eigenvalue weighted by Crippen LogP contribution is 2.26. The minimum absolute atomic E-state index is 0.0153. The summed E-state index contributed by atoms with van der Waals surface area (Å²) in [6, 6.07) is 21.1. The summed E-state index contributed by atoms with van der Waals surface area (Å²) in [6.07, 6.45) is 0. The first-order valence-electron chi connectivity index (χ1n) is 10.1. The average Bonchev–Trinajstić information content (AvgIpc) is 2.76. The lowest BCUT2D eigenvalue weighted by Crippen LogP contribution is -2.36. The highest BCUT2D eigenvalue weighted by atomic mass is 79.9. The lowest BCUT2D eigenvalue weighted by atomic mass is 10.0. The van der Waals surface area contributed by atoms with Gasteiger partial charge in [0.2, 0.25) is 5.91 Å². The molecule has 0 spiro atoms. The largest absolute Gasteiger partial charge is 0.481 e. The van der Waals surface area contributed by atoms with Crippen molar-refractivity contribution in [3.05, 3.63) is 94.2 Å². The quantitative estimate of drug-likeness (QED) is 0.432. The number of benzene rings is 3. The van der Waals surface area contributed by atoms with Crippen molar-refractivity contribution in [1.29, 1.82) is 0 Å². The van der Waals surface area contributed by atoms with E-state index in [9.17, 15) is 14.0 Å². The van der Waals surface area contributed by atoms with Gasteiger partial charge in [0.25, 0.3) is 5.91 Å². The zero-order chi connectivity index (χ0) is 23.1. The number of rotatable bonds is 8. The molecule has 3 rings (SSSR count). The Morgan fingerprint density at radius 3 is 2.50 bits per heavy atom. The molecule has 0 radical (unpaired) electrons. The molecule has 1 unspecified atom stereocenters. The molecule has 2 amide bonds. The van der Waals surface area contributed by atoms with E-state index in [1.54, 1.807) is 17.0 Å². The van der Waals surface area contributed by atoms with Crippen LogP contribution in [0.2, 0.25) is 0 Å². The maximum atomic E-state index is 14.1. The molecule has 1 atom stereocenters. The molecule has 32 heavy (non-hydrogen) atoms. The third-order valence-corrected chi connectivity index (χ3v) is 5.41. The summed E-state index contributed by atoms with van der Waals surface area (Å²) < 4.78 is 20.2. The molecule has 3 aromatic rings. The van der Waals surface area contributed by atoms with E-state index in [2.05, 4.69) is 21.2 Å². The van der Waals surface area contributed by atoms with Crippen LogP contribution in [-0.4, -0.2) is 23.3 Å². The number of anilines is 1. The van der Waals surface area contributed by atoms with Crippen LogP contribution in [0.25, 0.3) is 0 Å². The molecule has 1 N–H and O–H groups in total. The molecule has 0 aliphatic heterocycles. The molecule has 0 heterocycles. The summed E-state index contributed by atoms with van der Waals surface area (Å²) >= 11 is 3.21. The minimum atomic E-state index is -0.544. The van der Waals surface area contributed by atoms with E-state index in [-0.39, 0.29) is 30.2 Å². The average molecular weight is 499 g/mol. The van der Waals surface area contributed by atoms with Crippen molar-refractivity contribution in [2.45, 2.75) is 26.4 Å². The highest BCUT2D eigenvalue weighted by Gasteiger charge is 2.23. The Kier molecular flexibility index (Phi) is 8.00. The van der Waals surface area contributed by atoms with Crippen molar-refractivity contribution < 1.29 is 18.7 Å². The lowest BCUT2D eigenvalue weighted by molar-refractivity contribution is -0.136. The fraction of sp³-hybridized carbons (Fsp3) is 0.200. The summed E-state index contributed by atoms with van der Waals surface area (Å²) in [7, 11) is 0. The molecule has 0 aliphatic carbocycles. The van der Waals surface area contributed by atoms with E-state index in [0.29, 0.717) is 16.7 Å². The maximum Gasteiger partial charge on any atom is 0.261 e. The second-order valence-electron chi connectivity index (χ2n) is 7.35. The summed E-state index contributed by atoms with van der Waals surface area (Å²) in [5.41, 5.74) is 2.47. The predicted octanol–water partition coefficient (Wildman–Crippen LogP) is 5.72. The fourth-order valence-electron chi connectivity index (χ4n) is 3.30. The number of carbonyl (C=O) groups excluding carboxylic acids is 2. The first kappa shape index (κ1) is 23.5. The van der Waals surface area contributed by atoms with Gasteiger partial charge in [-0.2, -0.15) is 0 Å². The summed E-state index contributed by atoms with van der Waals surface area (Å²) in [5.74, 6) is -0.982. The van der Waals surface area contributed by atoms with Crippen molar-refractivity contribution in [2.75, 3.05) is 11.9 Å². The monoisotopic (exact) mass is 498 g/mol. The second kappa shape index (κ2) is 10.9. The molecular formula is C25H24BrFN2O3. The van der Waals surface area contributed by atoms with E-state index in [0.717, 1.165) is 11.1 Å². The number of nitrogens with one attached hydrogen (secondary N) is 1. The van der Waals surface area contributed by atoms with Crippen molar-refractivity contribution in [2.24, 2.45) is 0 Å². The summed E-state index contributed by atoms with van der Waals surface area (Å²) in [4.78, 5) is 26.3. The van der Waals surface area contributed by atoms with Gasteiger partial charge in [-0.05, 0) is 48.4 Å². The van der Waals surface area contributed by atoms with Gasteiger partial charge in [-0.3, -0.25) is 9.59 Å². The molecule has 0 saturated carbocycles. The van der Waals surface area contributed by atoms with Gasteiger partial charge in [0.1, 0.15) is 0 Å². The van der Waals surface area contributed by atoms with Crippen LogP contribution in [0.4, 0.5) is 10.1 Å². The third-order valence-electron chi connectivity index (χ3n) is 4.92. The molecule has 0 saturated heterocycles. The van der Waals surface area contributed by atoms with Crippen molar-refractivity contribution in [3.8, 4) is 5.75 Å². The van der Waals surface area contributed by atoms with Crippen LogP contribution in [0.5, 0.6) is 5.75 Å². The zero-order valence-corrected chi connectivity index (χ0v) is 19.4. The SMILES string of the molecule is CC(=O)Nc1cccc(C(C)N(Cc2ccccc2)C(=O)COc2ccc(Br)cc2F)c1. The van der Waals surface area contributed by atoms with E-state index in [1.165, 1.54) is 19.1 Å². The van der Waals surface area contributed by atoms with Crippen LogP contribution in [0.15, 0.2) is 77.3 Å². The lowest BCUT2D eigenvalue weighted by Gasteiger charge is -2.30. The topological polar surface area (TPSA) is 58.6 Å². The number of ether oxygens (including phenoxy) is 1. The smallest absolute Gasteiger partial charge is 0.261 e. The number of nitrogens with zero attached hydrogens (tertiary/aromatic N) is 1. The Morgan fingerprint density at radius 2 is 1.81 bits per heavy atom. The number of carbonyl (C=O) groups is 2. The molecule has 166 valence electrons. The van der Waals surface area contributed by atoms with Crippen LogP contribution >= 0.6 is 15.9 Å². The standard InChI is InChI=1S/C25H24BrFN2O3/c1-17(20-9-6-10-22(13-20)28-18(2)30)29(15-19-7-4-3-5-8-19)25(31)16-32-24-12-11-21(26)14-23(24)27/h3-14,17H,15-16H2,1-2H3,(H,28,30). The van der Waals surface area contributed by atoms with Crippen molar-refractivity contribution in [3.63, 3.8) is 0 Å². The Morgan fingerprint density at radius 1 is 1.06 bits per heavy atom. The first-order chi connectivity index (χ1) is 15.3. The van der Waals surface area contributed by atoms with Gasteiger partial charge in [0.05, 0.1) is 6.04 Å². The van der Waals surface area contributed by atoms with Crippen LogP contribution in [-0.2, 0) is 16.1 Å². The Balaban J connectivity index is 1.82. The first-order valence-corrected chi connectivity index (χ1v) is 10.9. The summed E-state index contributed by atoms with van der Waals surface area (Å²) in [5, 5.41) is 2.76. The molecule has 0 aromatic heterocycles. The number of halogens is 2. The zero-order valence-electron chi connectivity index (χ0n) is 17.8. The minimum Gasteiger partial charge on any atom is -0.481 e. The normalized spacial score (nSPS) is 11.5. The molecule has 0 fully saturated rings. The van der Waals surface area contributed by atoms with Gasteiger partial charge in [-0.25, -0.2) is 4.39 Å². The second-order valence-corrected chi connectivity index (χ2v) is 8.27. The predicted molar refractivity (Wildman–Crippen MR) is 126 cm³/mol. The molecule has 5 nitrogen and oxygen atoms in total. The van der Waals surface area contributed by atoms with Gasteiger partial charge >= 0.3 is 0 Å². The Bertz CT molecular complexity index is 1090. The third kappa shape index (κ3) is 6.40. The van der Waals surface area contributed by atoms with Gasteiger partial charge in [0, 0.05) is 23.6 Å². The Labute approximate surface area is 195 Å². The molecule has 0 aliphatic rings. The van der Waals surface area contributed by atoms with Gasteiger partial charge in [-0.15, -0.1) is 0 Å². The Hall–Kier alpha value is -3.19. The number of hydrogen-bond acceptors (Lipinski definition) is 3. The number of amides is 2. The number of hydrogen-bond donors (Lipinski definition) is 1. The summed E-state index contributed by atoms with van der Waals surface area (Å²) in [6.45, 7) is 3.41. The van der Waals surface area contributed by atoms with Gasteiger partial charge < -0.3 is 15.0 Å².